The molecule has 1 aromatic heterocycles. The molecule has 0 radical (unpaired) electrons. The third kappa shape index (κ3) is 5.44. The molecule has 7 heteroatoms. The Morgan fingerprint density at radius 3 is 2.70 bits per heavy atom. The first-order valence-electron chi connectivity index (χ1n) is 7.96. The number of hydrogen-bond donors (Lipinski definition) is 1. The number of aromatic nitrogens is 2. The zero-order valence-electron chi connectivity index (χ0n) is 13.0. The Labute approximate surface area is 144 Å². The molecule has 1 fully saturated rings. The first-order chi connectivity index (χ1) is 11.3. The lowest BCUT2D eigenvalue weighted by Gasteiger charge is -2.25. The van der Waals surface area contributed by atoms with Gasteiger partial charge in [0, 0.05) is 18.8 Å². The van der Waals surface area contributed by atoms with Gasteiger partial charge in [-0.3, -0.25) is 0 Å². The largest absolute Gasteiger partial charge is 0.356 e. The van der Waals surface area contributed by atoms with Crippen molar-refractivity contribution in [2.75, 3.05) is 30.7 Å². The summed E-state index contributed by atoms with van der Waals surface area (Å²) in [5, 5.41) is 12.4. The summed E-state index contributed by atoms with van der Waals surface area (Å²) in [5.41, 5.74) is 1.03. The van der Waals surface area contributed by atoms with E-state index >= 15 is 0 Å². The van der Waals surface area contributed by atoms with Gasteiger partial charge in [0.25, 0.3) is 0 Å². The van der Waals surface area contributed by atoms with E-state index in [1.54, 1.807) is 35.2 Å². The van der Waals surface area contributed by atoms with Crippen LogP contribution in [0.25, 0.3) is 0 Å². The normalized spacial score (nSPS) is 15.7. The van der Waals surface area contributed by atoms with Gasteiger partial charge in [0.05, 0.1) is 0 Å². The van der Waals surface area contributed by atoms with E-state index in [1.165, 1.54) is 44.5 Å². The molecule has 2 heterocycles. The lowest BCUT2D eigenvalue weighted by atomic mass is 10.1. The number of benzene rings is 1. The van der Waals surface area contributed by atoms with Gasteiger partial charge in [-0.15, -0.1) is 10.2 Å². The van der Waals surface area contributed by atoms with Gasteiger partial charge in [0.2, 0.25) is 5.13 Å². The highest BCUT2D eigenvalue weighted by Gasteiger charge is 2.10. The number of hydrogen-bond acceptors (Lipinski definition) is 6. The van der Waals surface area contributed by atoms with Crippen LogP contribution in [0, 0.1) is 5.82 Å². The minimum absolute atomic E-state index is 0.211. The van der Waals surface area contributed by atoms with Crippen LogP contribution in [0.1, 0.15) is 24.8 Å². The van der Waals surface area contributed by atoms with E-state index in [2.05, 4.69) is 20.4 Å². The van der Waals surface area contributed by atoms with Gasteiger partial charge < -0.3 is 10.2 Å². The fraction of sp³-hybridized carbons (Fsp3) is 0.500. The van der Waals surface area contributed by atoms with Crippen molar-refractivity contribution in [3.05, 3.63) is 35.6 Å². The molecule has 0 atom stereocenters. The molecule has 0 unspecified atom stereocenters. The SMILES string of the molecule is Fc1ccc(CNc2nnc(SCCN3CCCCC3)s2)cc1. The number of nitrogens with one attached hydrogen (secondary N) is 1. The zero-order chi connectivity index (χ0) is 15.9. The molecule has 0 bridgehead atoms. The van der Waals surface area contributed by atoms with Gasteiger partial charge in [-0.05, 0) is 43.6 Å². The topological polar surface area (TPSA) is 41.1 Å². The van der Waals surface area contributed by atoms with E-state index in [1.807, 2.05) is 0 Å². The molecular formula is C16H21FN4S2. The standard InChI is InChI=1S/C16H21FN4S2/c17-14-6-4-13(5-7-14)12-18-15-19-20-16(23-15)22-11-10-21-8-2-1-3-9-21/h4-7H,1-3,8-12H2,(H,18,19). The lowest BCUT2D eigenvalue weighted by Crippen LogP contribution is -2.31. The van der Waals surface area contributed by atoms with Crippen molar-refractivity contribution in [1.29, 1.82) is 0 Å². The minimum atomic E-state index is -0.211. The van der Waals surface area contributed by atoms with E-state index < -0.39 is 0 Å². The molecule has 0 amide bonds. The summed E-state index contributed by atoms with van der Waals surface area (Å²) in [5.74, 6) is 0.851. The monoisotopic (exact) mass is 352 g/mol. The Hall–Kier alpha value is -1.18. The van der Waals surface area contributed by atoms with Crippen LogP contribution >= 0.6 is 23.1 Å². The van der Waals surface area contributed by atoms with Crippen LogP contribution in [0.3, 0.4) is 0 Å². The second-order valence-electron chi connectivity index (χ2n) is 5.60. The molecule has 124 valence electrons. The molecular weight excluding hydrogens is 331 g/mol. The molecule has 0 aliphatic carbocycles. The van der Waals surface area contributed by atoms with Crippen LogP contribution in [-0.2, 0) is 6.54 Å². The Bertz CT molecular complexity index is 596. The summed E-state index contributed by atoms with van der Waals surface area (Å²) in [6, 6.07) is 6.49. The van der Waals surface area contributed by atoms with Crippen molar-refractivity contribution in [1.82, 2.24) is 15.1 Å². The second kappa shape index (κ2) is 8.61. The molecule has 2 aromatic rings. The molecule has 1 aliphatic heterocycles. The Kier molecular flexibility index (Phi) is 6.24. The van der Waals surface area contributed by atoms with Gasteiger partial charge >= 0.3 is 0 Å². The summed E-state index contributed by atoms with van der Waals surface area (Å²) in [4.78, 5) is 2.53. The van der Waals surface area contributed by atoms with Gasteiger partial charge in [-0.1, -0.05) is 41.7 Å². The molecule has 23 heavy (non-hydrogen) atoms. The second-order valence-corrected chi connectivity index (χ2v) is 7.92. The maximum Gasteiger partial charge on any atom is 0.206 e. The highest BCUT2D eigenvalue weighted by atomic mass is 32.2. The van der Waals surface area contributed by atoms with E-state index in [4.69, 9.17) is 0 Å². The number of halogens is 1. The number of rotatable bonds is 7. The summed E-state index contributed by atoms with van der Waals surface area (Å²) < 4.78 is 13.9. The first-order valence-corrected chi connectivity index (χ1v) is 9.77. The molecule has 3 rings (SSSR count). The summed E-state index contributed by atoms with van der Waals surface area (Å²) in [7, 11) is 0. The molecule has 0 spiro atoms. The lowest BCUT2D eigenvalue weighted by molar-refractivity contribution is 0.242. The molecule has 1 N–H and O–H groups in total. The molecule has 4 nitrogen and oxygen atoms in total. The number of piperidine rings is 1. The van der Waals surface area contributed by atoms with Crippen molar-refractivity contribution in [3.63, 3.8) is 0 Å². The van der Waals surface area contributed by atoms with Gasteiger partial charge in [-0.2, -0.15) is 0 Å². The summed E-state index contributed by atoms with van der Waals surface area (Å²) in [6.07, 6.45) is 4.05. The smallest absolute Gasteiger partial charge is 0.206 e. The van der Waals surface area contributed by atoms with Crippen molar-refractivity contribution in [2.24, 2.45) is 0 Å². The van der Waals surface area contributed by atoms with Crippen molar-refractivity contribution in [3.8, 4) is 0 Å². The first kappa shape index (κ1) is 16.7. The average molecular weight is 353 g/mol. The highest BCUT2D eigenvalue weighted by molar-refractivity contribution is 8.01. The summed E-state index contributed by atoms with van der Waals surface area (Å²) >= 11 is 3.35. The fourth-order valence-electron chi connectivity index (χ4n) is 2.56. The van der Waals surface area contributed by atoms with Crippen LogP contribution in [0.2, 0.25) is 0 Å². The van der Waals surface area contributed by atoms with Crippen LogP contribution in [0.15, 0.2) is 28.6 Å². The summed E-state index contributed by atoms with van der Waals surface area (Å²) in [6.45, 7) is 4.23. The number of nitrogens with zero attached hydrogens (tertiary/aromatic N) is 3. The van der Waals surface area contributed by atoms with Crippen LogP contribution in [-0.4, -0.2) is 40.5 Å². The van der Waals surface area contributed by atoms with Gasteiger partial charge in [0.15, 0.2) is 4.34 Å². The van der Waals surface area contributed by atoms with Crippen LogP contribution in [0.4, 0.5) is 9.52 Å². The van der Waals surface area contributed by atoms with Crippen LogP contribution in [0.5, 0.6) is 0 Å². The molecule has 1 aromatic carbocycles. The number of thioether (sulfide) groups is 1. The van der Waals surface area contributed by atoms with E-state index in [0.717, 1.165) is 27.3 Å². The predicted molar refractivity (Wildman–Crippen MR) is 94.7 cm³/mol. The Morgan fingerprint density at radius 1 is 1.13 bits per heavy atom. The third-order valence-electron chi connectivity index (χ3n) is 3.85. The quantitative estimate of drug-likeness (QED) is 0.766. The third-order valence-corrected chi connectivity index (χ3v) is 5.84. The maximum absolute atomic E-state index is 12.9. The van der Waals surface area contributed by atoms with Crippen molar-refractivity contribution in [2.45, 2.75) is 30.1 Å². The van der Waals surface area contributed by atoms with E-state index in [9.17, 15) is 4.39 Å². The molecule has 0 saturated carbocycles. The van der Waals surface area contributed by atoms with E-state index in [-0.39, 0.29) is 5.82 Å². The van der Waals surface area contributed by atoms with Crippen LogP contribution < -0.4 is 5.32 Å². The van der Waals surface area contributed by atoms with Gasteiger partial charge in [-0.25, -0.2) is 4.39 Å². The number of likely N-dealkylation sites (tertiary alicyclic amines) is 1. The highest BCUT2D eigenvalue weighted by Crippen LogP contribution is 2.26. The van der Waals surface area contributed by atoms with Crippen molar-refractivity contribution >= 4 is 28.2 Å². The van der Waals surface area contributed by atoms with Gasteiger partial charge in [0.1, 0.15) is 5.82 Å². The average Bonchev–Trinajstić information content (AvgIpc) is 3.03. The molecule has 1 saturated heterocycles. The molecule has 1 aliphatic rings. The number of anilines is 1. The Balaban J connectivity index is 1.39. The maximum atomic E-state index is 12.9. The minimum Gasteiger partial charge on any atom is -0.356 e. The van der Waals surface area contributed by atoms with Crippen molar-refractivity contribution < 1.29 is 4.39 Å². The Morgan fingerprint density at radius 2 is 1.91 bits per heavy atom. The fourth-order valence-corrected chi connectivity index (χ4v) is 4.38. The zero-order valence-corrected chi connectivity index (χ0v) is 14.6. The van der Waals surface area contributed by atoms with E-state index in [0.29, 0.717) is 6.54 Å². The predicted octanol–water partition coefficient (Wildman–Crippen LogP) is 3.87.